The van der Waals surface area contributed by atoms with E-state index >= 15 is 0 Å². The smallest absolute Gasteiger partial charge is 0.238 e. The van der Waals surface area contributed by atoms with Crippen LogP contribution in [0.25, 0.3) is 10.4 Å². The number of aromatic nitrogens is 1. The molecule has 1 amide bonds. The molecule has 2 aromatic heterocycles. The fraction of sp³-hybridized carbons (Fsp3) is 0.0769. The maximum Gasteiger partial charge on any atom is 0.238 e. The number of rotatable bonds is 6. The molecular formula is C13H12N2O2S. The van der Waals surface area contributed by atoms with E-state index in [4.69, 9.17) is 4.84 Å². The van der Waals surface area contributed by atoms with Crippen LogP contribution in [0.15, 0.2) is 49.3 Å². The zero-order chi connectivity index (χ0) is 12.8. The number of hydrogen-bond donors (Lipinski definition) is 0. The molecule has 0 atom stereocenters. The summed E-state index contributed by atoms with van der Waals surface area (Å²) in [6, 6.07) is 7.64. The van der Waals surface area contributed by atoms with Gasteiger partial charge in [-0.15, -0.1) is 17.9 Å². The van der Waals surface area contributed by atoms with Crippen LogP contribution >= 0.6 is 11.3 Å². The van der Waals surface area contributed by atoms with Crippen molar-refractivity contribution in [3.63, 3.8) is 0 Å². The van der Waals surface area contributed by atoms with Crippen LogP contribution in [-0.4, -0.2) is 18.0 Å². The number of hydrogen-bond acceptors (Lipinski definition) is 4. The van der Waals surface area contributed by atoms with Gasteiger partial charge in [-0.3, -0.25) is 14.6 Å². The molecule has 0 saturated carbocycles. The molecule has 0 bridgehead atoms. The second kappa shape index (κ2) is 6.09. The van der Waals surface area contributed by atoms with Gasteiger partial charge >= 0.3 is 0 Å². The lowest BCUT2D eigenvalue weighted by atomic mass is 10.2. The number of thiophene rings is 1. The average molecular weight is 260 g/mol. The van der Waals surface area contributed by atoms with Crippen molar-refractivity contribution >= 4 is 22.7 Å². The van der Waals surface area contributed by atoms with E-state index in [0.717, 1.165) is 15.4 Å². The summed E-state index contributed by atoms with van der Waals surface area (Å²) in [5.74, 6) is 0. The number of carbonyl (C=O) groups excluding carboxylic acids is 1. The van der Waals surface area contributed by atoms with E-state index in [1.807, 2.05) is 24.3 Å². The molecule has 0 spiro atoms. The Balaban J connectivity index is 2.19. The predicted octanol–water partition coefficient (Wildman–Crippen LogP) is 2.89. The third kappa shape index (κ3) is 2.82. The summed E-state index contributed by atoms with van der Waals surface area (Å²) in [7, 11) is 0. The highest BCUT2D eigenvalue weighted by atomic mass is 32.1. The van der Waals surface area contributed by atoms with Gasteiger partial charge in [-0.25, -0.2) is 0 Å². The van der Waals surface area contributed by atoms with Crippen LogP contribution in [0.5, 0.6) is 0 Å². The molecule has 0 unspecified atom stereocenters. The van der Waals surface area contributed by atoms with Gasteiger partial charge in [0.1, 0.15) is 5.00 Å². The monoisotopic (exact) mass is 260 g/mol. The molecule has 0 fully saturated rings. The zero-order valence-electron chi connectivity index (χ0n) is 9.65. The van der Waals surface area contributed by atoms with Gasteiger partial charge in [0.15, 0.2) is 0 Å². The van der Waals surface area contributed by atoms with Gasteiger partial charge in [0, 0.05) is 17.3 Å². The first-order valence-corrected chi connectivity index (χ1v) is 6.15. The van der Waals surface area contributed by atoms with Gasteiger partial charge in [-0.2, -0.15) is 5.06 Å². The standard InChI is InChI=1S/C13H12N2O2S/c1-2-9-17-15(10-16)13-4-3-12(18-13)11-5-7-14-8-6-11/h2-8,10H,1,9H2. The van der Waals surface area contributed by atoms with Crippen LogP contribution in [0, 0.1) is 0 Å². The van der Waals surface area contributed by atoms with Crippen LogP contribution < -0.4 is 5.06 Å². The second-order valence-corrected chi connectivity index (χ2v) is 4.45. The molecule has 0 aliphatic carbocycles. The predicted molar refractivity (Wildman–Crippen MR) is 72.2 cm³/mol. The van der Waals surface area contributed by atoms with Crippen LogP contribution in [-0.2, 0) is 9.63 Å². The number of hydroxylamine groups is 1. The van der Waals surface area contributed by atoms with Crippen molar-refractivity contribution in [3.8, 4) is 10.4 Å². The van der Waals surface area contributed by atoms with Crippen molar-refractivity contribution < 1.29 is 9.63 Å². The fourth-order valence-corrected chi connectivity index (χ4v) is 2.33. The van der Waals surface area contributed by atoms with Crippen molar-refractivity contribution in [3.05, 3.63) is 49.3 Å². The van der Waals surface area contributed by atoms with Gasteiger partial charge in [-0.1, -0.05) is 6.08 Å². The summed E-state index contributed by atoms with van der Waals surface area (Å²) >= 11 is 1.48. The van der Waals surface area contributed by atoms with Gasteiger partial charge < -0.3 is 0 Å². The summed E-state index contributed by atoms with van der Waals surface area (Å²) in [4.78, 5) is 21.2. The summed E-state index contributed by atoms with van der Waals surface area (Å²) in [6.45, 7) is 3.84. The largest absolute Gasteiger partial charge is 0.276 e. The van der Waals surface area contributed by atoms with E-state index in [2.05, 4.69) is 11.6 Å². The average Bonchev–Trinajstić information content (AvgIpc) is 2.90. The van der Waals surface area contributed by atoms with E-state index in [1.54, 1.807) is 18.5 Å². The summed E-state index contributed by atoms with van der Waals surface area (Å²) < 4.78 is 0. The fourth-order valence-electron chi connectivity index (χ4n) is 1.40. The van der Waals surface area contributed by atoms with Crippen molar-refractivity contribution in [1.29, 1.82) is 0 Å². The molecule has 2 heterocycles. The molecule has 0 aromatic carbocycles. The van der Waals surface area contributed by atoms with Gasteiger partial charge in [0.05, 0.1) is 6.61 Å². The molecule has 5 heteroatoms. The normalized spacial score (nSPS) is 10.0. The molecule has 0 radical (unpaired) electrons. The molecule has 4 nitrogen and oxygen atoms in total. The van der Waals surface area contributed by atoms with Gasteiger partial charge in [0.25, 0.3) is 0 Å². The number of anilines is 1. The Hall–Kier alpha value is -1.98. The first kappa shape index (κ1) is 12.5. The van der Waals surface area contributed by atoms with E-state index in [1.165, 1.54) is 16.4 Å². The maximum atomic E-state index is 10.9. The SMILES string of the molecule is C=CCON(C=O)c1ccc(-c2ccncc2)s1. The van der Waals surface area contributed by atoms with Crippen molar-refractivity contribution in [2.75, 3.05) is 11.7 Å². The third-order valence-corrected chi connectivity index (χ3v) is 3.32. The Morgan fingerprint density at radius 3 is 2.78 bits per heavy atom. The Morgan fingerprint density at radius 1 is 1.33 bits per heavy atom. The Labute approximate surface area is 109 Å². The summed E-state index contributed by atoms with van der Waals surface area (Å²) in [6.07, 6.45) is 5.71. The third-order valence-electron chi connectivity index (χ3n) is 2.20. The molecule has 2 rings (SSSR count). The zero-order valence-corrected chi connectivity index (χ0v) is 10.5. The Kier molecular flexibility index (Phi) is 4.22. The highest BCUT2D eigenvalue weighted by Gasteiger charge is 2.09. The van der Waals surface area contributed by atoms with Crippen molar-refractivity contribution in [2.45, 2.75) is 0 Å². The number of pyridine rings is 1. The molecule has 2 aromatic rings. The van der Waals surface area contributed by atoms with Crippen LogP contribution in [0.2, 0.25) is 0 Å². The molecule has 0 aliphatic heterocycles. The molecule has 0 saturated heterocycles. The highest BCUT2D eigenvalue weighted by molar-refractivity contribution is 7.19. The van der Waals surface area contributed by atoms with Crippen LogP contribution in [0.3, 0.4) is 0 Å². The minimum atomic E-state index is 0.293. The highest BCUT2D eigenvalue weighted by Crippen LogP contribution is 2.32. The van der Waals surface area contributed by atoms with E-state index < -0.39 is 0 Å². The van der Waals surface area contributed by atoms with Crippen LogP contribution in [0.4, 0.5) is 5.00 Å². The second-order valence-electron chi connectivity index (χ2n) is 3.39. The minimum Gasteiger partial charge on any atom is -0.276 e. The first-order valence-electron chi connectivity index (χ1n) is 5.33. The quantitative estimate of drug-likeness (QED) is 0.455. The summed E-state index contributed by atoms with van der Waals surface area (Å²) in [5, 5.41) is 1.94. The Morgan fingerprint density at radius 2 is 2.11 bits per heavy atom. The molecule has 92 valence electrons. The minimum absolute atomic E-state index is 0.293. The van der Waals surface area contributed by atoms with E-state index in [-0.39, 0.29) is 0 Å². The number of amides is 1. The molecular weight excluding hydrogens is 248 g/mol. The lowest BCUT2D eigenvalue weighted by molar-refractivity contribution is -0.113. The lowest BCUT2D eigenvalue weighted by Gasteiger charge is -2.12. The molecule has 18 heavy (non-hydrogen) atoms. The van der Waals surface area contributed by atoms with Crippen LogP contribution in [0.1, 0.15) is 0 Å². The number of carbonyl (C=O) groups is 1. The number of nitrogens with zero attached hydrogens (tertiary/aromatic N) is 2. The van der Waals surface area contributed by atoms with Crippen molar-refractivity contribution in [2.24, 2.45) is 0 Å². The molecule has 0 aliphatic rings. The maximum absolute atomic E-state index is 10.9. The molecule has 0 N–H and O–H groups in total. The van der Waals surface area contributed by atoms with E-state index in [0.29, 0.717) is 13.0 Å². The topological polar surface area (TPSA) is 42.4 Å². The van der Waals surface area contributed by atoms with Gasteiger partial charge in [0.2, 0.25) is 6.41 Å². The Bertz CT molecular complexity index is 525. The van der Waals surface area contributed by atoms with Crippen molar-refractivity contribution in [1.82, 2.24) is 4.98 Å². The van der Waals surface area contributed by atoms with Gasteiger partial charge in [-0.05, 0) is 29.8 Å². The lowest BCUT2D eigenvalue weighted by Crippen LogP contribution is -2.20. The first-order chi connectivity index (χ1) is 8.85. The van der Waals surface area contributed by atoms with E-state index in [9.17, 15) is 4.79 Å². The summed E-state index contributed by atoms with van der Waals surface area (Å²) in [5.41, 5.74) is 1.07.